The van der Waals surface area contributed by atoms with Gasteiger partial charge in [0.2, 0.25) is 0 Å². The van der Waals surface area contributed by atoms with Crippen LogP contribution < -0.4 is 10.6 Å². The van der Waals surface area contributed by atoms with Gasteiger partial charge in [-0.2, -0.15) is 0 Å². The highest BCUT2D eigenvalue weighted by Crippen LogP contribution is 2.13. The second kappa shape index (κ2) is 9.00. The fourth-order valence-electron chi connectivity index (χ4n) is 2.44. The van der Waals surface area contributed by atoms with Gasteiger partial charge in [0.25, 0.3) is 0 Å². The zero-order chi connectivity index (χ0) is 16.5. The Kier molecular flexibility index (Phi) is 6.69. The summed E-state index contributed by atoms with van der Waals surface area (Å²) < 4.78 is 2.02. The number of hydrogen-bond donors (Lipinski definition) is 2. The first kappa shape index (κ1) is 17.1. The van der Waals surface area contributed by atoms with E-state index in [4.69, 9.17) is 0 Å². The topological polar surface area (TPSA) is 49.3 Å². The van der Waals surface area contributed by atoms with Crippen molar-refractivity contribution in [3.8, 4) is 5.69 Å². The smallest absolute Gasteiger partial charge is 0.319 e. The van der Waals surface area contributed by atoms with Crippen molar-refractivity contribution < 1.29 is 4.79 Å². The highest BCUT2D eigenvalue weighted by Gasteiger charge is 2.03. The number of nitrogens with one attached hydrogen (secondary N) is 2. The average Bonchev–Trinajstić information content (AvgIpc) is 3.10. The van der Waals surface area contributed by atoms with Crippen molar-refractivity contribution in [3.63, 3.8) is 0 Å². The van der Waals surface area contributed by atoms with Gasteiger partial charge in [0.1, 0.15) is 0 Å². The van der Waals surface area contributed by atoms with E-state index in [0.717, 1.165) is 37.4 Å². The Hall–Kier alpha value is -2.27. The summed E-state index contributed by atoms with van der Waals surface area (Å²) in [7, 11) is 0. The van der Waals surface area contributed by atoms with Crippen LogP contribution in [0.5, 0.6) is 0 Å². The van der Waals surface area contributed by atoms with Crippen LogP contribution in [-0.4, -0.2) is 41.7 Å². The van der Waals surface area contributed by atoms with E-state index >= 15 is 0 Å². The lowest BCUT2D eigenvalue weighted by Gasteiger charge is -2.17. The van der Waals surface area contributed by atoms with Crippen LogP contribution in [-0.2, 0) is 0 Å². The standard InChI is InChI=1S/C18H26N4O/c1-3-21(4-2)13-7-12-19-18(23)20-16-8-10-17(11-9-16)22-14-5-6-15-22/h5-6,8-11,14-15H,3-4,7,12-13H2,1-2H3,(H2,19,20,23). The predicted molar refractivity (Wildman–Crippen MR) is 95.2 cm³/mol. The van der Waals surface area contributed by atoms with Gasteiger partial charge < -0.3 is 20.1 Å². The molecule has 0 spiro atoms. The second-order valence-electron chi connectivity index (χ2n) is 5.40. The summed E-state index contributed by atoms with van der Waals surface area (Å²) in [5, 5.41) is 5.75. The quantitative estimate of drug-likeness (QED) is 0.734. The third kappa shape index (κ3) is 5.45. The largest absolute Gasteiger partial charge is 0.338 e. The normalized spacial score (nSPS) is 10.7. The maximum atomic E-state index is 11.9. The van der Waals surface area contributed by atoms with E-state index in [1.165, 1.54) is 0 Å². The van der Waals surface area contributed by atoms with Crippen LogP contribution in [0.25, 0.3) is 5.69 Å². The van der Waals surface area contributed by atoms with Crippen molar-refractivity contribution in [2.75, 3.05) is 31.5 Å². The summed E-state index contributed by atoms with van der Waals surface area (Å²) in [5.41, 5.74) is 1.86. The van der Waals surface area contributed by atoms with Gasteiger partial charge in [-0.15, -0.1) is 0 Å². The Balaban J connectivity index is 1.73. The van der Waals surface area contributed by atoms with Crippen LogP contribution in [0.3, 0.4) is 0 Å². The molecule has 5 heteroatoms. The van der Waals surface area contributed by atoms with Crippen molar-refractivity contribution in [1.29, 1.82) is 0 Å². The maximum absolute atomic E-state index is 11.9. The summed E-state index contributed by atoms with van der Waals surface area (Å²) in [6.07, 6.45) is 4.94. The lowest BCUT2D eigenvalue weighted by molar-refractivity contribution is 0.250. The molecule has 0 aliphatic carbocycles. The monoisotopic (exact) mass is 314 g/mol. The van der Waals surface area contributed by atoms with Gasteiger partial charge in [-0.1, -0.05) is 13.8 Å². The number of carbonyl (C=O) groups is 1. The zero-order valence-electron chi connectivity index (χ0n) is 14.0. The number of carbonyl (C=O) groups excluding carboxylic acids is 1. The molecule has 0 saturated carbocycles. The Morgan fingerprint density at radius 2 is 1.74 bits per heavy atom. The minimum atomic E-state index is -0.154. The number of nitrogens with zero attached hydrogens (tertiary/aromatic N) is 2. The van der Waals surface area contributed by atoms with E-state index in [2.05, 4.69) is 29.4 Å². The van der Waals surface area contributed by atoms with E-state index in [1.54, 1.807) is 0 Å². The first-order chi connectivity index (χ1) is 11.2. The summed E-state index contributed by atoms with van der Waals surface area (Å²) in [4.78, 5) is 14.2. The number of rotatable bonds is 8. The highest BCUT2D eigenvalue weighted by molar-refractivity contribution is 5.89. The Morgan fingerprint density at radius 3 is 2.35 bits per heavy atom. The number of amides is 2. The zero-order valence-corrected chi connectivity index (χ0v) is 14.0. The Labute approximate surface area is 138 Å². The molecule has 23 heavy (non-hydrogen) atoms. The van der Waals surface area contributed by atoms with Crippen molar-refractivity contribution in [2.45, 2.75) is 20.3 Å². The molecule has 2 amide bonds. The molecular formula is C18H26N4O. The van der Waals surface area contributed by atoms with Crippen LogP contribution in [0.2, 0.25) is 0 Å². The minimum absolute atomic E-state index is 0.154. The third-order valence-corrected chi connectivity index (χ3v) is 3.86. The van der Waals surface area contributed by atoms with Crippen LogP contribution in [0.1, 0.15) is 20.3 Å². The van der Waals surface area contributed by atoms with Gasteiger partial charge in [0, 0.05) is 30.3 Å². The van der Waals surface area contributed by atoms with Crippen LogP contribution in [0.4, 0.5) is 10.5 Å². The number of urea groups is 1. The highest BCUT2D eigenvalue weighted by atomic mass is 16.2. The summed E-state index contributed by atoms with van der Waals surface area (Å²) in [6, 6.07) is 11.6. The SMILES string of the molecule is CCN(CC)CCCNC(=O)Nc1ccc(-n2cccc2)cc1. The third-order valence-electron chi connectivity index (χ3n) is 3.86. The number of anilines is 1. The van der Waals surface area contributed by atoms with Gasteiger partial charge in [-0.05, 0) is 62.5 Å². The molecule has 124 valence electrons. The molecule has 0 atom stereocenters. The molecule has 1 aromatic heterocycles. The van der Waals surface area contributed by atoms with Gasteiger partial charge in [0.05, 0.1) is 0 Å². The van der Waals surface area contributed by atoms with Gasteiger partial charge >= 0.3 is 6.03 Å². The van der Waals surface area contributed by atoms with Gasteiger partial charge in [0.15, 0.2) is 0 Å². The molecule has 0 aliphatic rings. The fraction of sp³-hybridized carbons (Fsp3) is 0.389. The Bertz CT molecular complexity index is 574. The van der Waals surface area contributed by atoms with Crippen LogP contribution in [0, 0.1) is 0 Å². The molecule has 0 saturated heterocycles. The maximum Gasteiger partial charge on any atom is 0.319 e. The minimum Gasteiger partial charge on any atom is -0.338 e. The second-order valence-corrected chi connectivity index (χ2v) is 5.40. The number of hydrogen-bond acceptors (Lipinski definition) is 2. The molecular weight excluding hydrogens is 288 g/mol. The molecule has 0 unspecified atom stereocenters. The number of benzene rings is 1. The van der Waals surface area contributed by atoms with E-state index in [9.17, 15) is 4.79 Å². The number of aromatic nitrogens is 1. The van der Waals surface area contributed by atoms with E-state index < -0.39 is 0 Å². The summed E-state index contributed by atoms with van der Waals surface area (Å²) in [6.45, 7) is 8.11. The molecule has 1 heterocycles. The van der Waals surface area contributed by atoms with Crippen molar-refractivity contribution >= 4 is 11.7 Å². The lowest BCUT2D eigenvalue weighted by Crippen LogP contribution is -2.32. The molecule has 1 aromatic carbocycles. The van der Waals surface area contributed by atoms with Crippen molar-refractivity contribution in [1.82, 2.24) is 14.8 Å². The molecule has 2 rings (SSSR count). The van der Waals surface area contributed by atoms with E-state index in [1.807, 2.05) is 53.4 Å². The van der Waals surface area contributed by atoms with Crippen molar-refractivity contribution in [3.05, 3.63) is 48.8 Å². The molecule has 2 aromatic rings. The average molecular weight is 314 g/mol. The summed E-state index contributed by atoms with van der Waals surface area (Å²) >= 11 is 0. The van der Waals surface area contributed by atoms with Crippen LogP contribution in [0.15, 0.2) is 48.8 Å². The van der Waals surface area contributed by atoms with E-state index in [0.29, 0.717) is 6.54 Å². The molecule has 0 aliphatic heterocycles. The molecule has 5 nitrogen and oxygen atoms in total. The summed E-state index contributed by atoms with van der Waals surface area (Å²) in [5.74, 6) is 0. The van der Waals surface area contributed by atoms with E-state index in [-0.39, 0.29) is 6.03 Å². The molecule has 0 fully saturated rings. The predicted octanol–water partition coefficient (Wildman–Crippen LogP) is 3.33. The Morgan fingerprint density at radius 1 is 1.09 bits per heavy atom. The molecule has 0 radical (unpaired) electrons. The van der Waals surface area contributed by atoms with Gasteiger partial charge in [-0.25, -0.2) is 4.79 Å². The van der Waals surface area contributed by atoms with Gasteiger partial charge in [-0.3, -0.25) is 0 Å². The fourth-order valence-corrected chi connectivity index (χ4v) is 2.44. The van der Waals surface area contributed by atoms with Crippen LogP contribution >= 0.6 is 0 Å². The molecule has 0 bridgehead atoms. The molecule has 2 N–H and O–H groups in total. The first-order valence-electron chi connectivity index (χ1n) is 8.23. The lowest BCUT2D eigenvalue weighted by atomic mass is 10.3. The van der Waals surface area contributed by atoms with Crippen molar-refractivity contribution in [2.24, 2.45) is 0 Å². The first-order valence-corrected chi connectivity index (χ1v) is 8.23.